The molecule has 1 saturated heterocycles. The largest absolute Gasteiger partial charge is 0.508 e. The van der Waals surface area contributed by atoms with Crippen LogP contribution in [0.5, 0.6) is 5.75 Å². The summed E-state index contributed by atoms with van der Waals surface area (Å²) in [4.78, 5) is 26.2. The number of hydrogen-bond acceptors (Lipinski definition) is 4. The predicted molar refractivity (Wildman–Crippen MR) is 105 cm³/mol. The predicted octanol–water partition coefficient (Wildman–Crippen LogP) is 3.97. The first kappa shape index (κ1) is 18.8. The fourth-order valence-electron chi connectivity index (χ4n) is 3.20. The van der Waals surface area contributed by atoms with E-state index in [1.807, 2.05) is 0 Å². The van der Waals surface area contributed by atoms with Gasteiger partial charge in [-0.1, -0.05) is 13.8 Å². The fourth-order valence-corrected chi connectivity index (χ4v) is 3.20. The molecule has 0 saturated carbocycles. The molecule has 6 nitrogen and oxygen atoms in total. The zero-order valence-electron chi connectivity index (χ0n) is 15.5. The highest BCUT2D eigenvalue weighted by atomic mass is 16.4. The Labute approximate surface area is 158 Å². The van der Waals surface area contributed by atoms with Crippen molar-refractivity contribution in [3.8, 4) is 5.75 Å². The van der Waals surface area contributed by atoms with Crippen molar-refractivity contribution < 1.29 is 19.8 Å². The fraction of sp³-hybridized carbons (Fsp3) is 0.333. The lowest BCUT2D eigenvalue weighted by molar-refractivity contribution is 0.0698. The molecule has 0 unspecified atom stereocenters. The van der Waals surface area contributed by atoms with E-state index in [9.17, 15) is 19.8 Å². The molecule has 1 fully saturated rings. The smallest absolute Gasteiger partial charge is 0.337 e. The number of nitrogens with zero attached hydrogens (tertiary/aromatic N) is 1. The third-order valence-corrected chi connectivity index (χ3v) is 5.09. The summed E-state index contributed by atoms with van der Waals surface area (Å²) in [7, 11) is 0. The number of carboxylic acid groups (broad SMARTS) is 1. The number of benzene rings is 2. The first-order valence-corrected chi connectivity index (χ1v) is 8.98. The minimum atomic E-state index is -1.10. The Morgan fingerprint density at radius 1 is 1.04 bits per heavy atom. The summed E-state index contributed by atoms with van der Waals surface area (Å²) in [5, 5.41) is 21.5. The molecule has 0 aromatic heterocycles. The maximum atomic E-state index is 12.5. The van der Waals surface area contributed by atoms with E-state index in [2.05, 4.69) is 24.1 Å². The number of aromatic hydroxyl groups is 1. The number of aromatic carboxylic acids is 1. The summed E-state index contributed by atoms with van der Waals surface area (Å²) in [6, 6.07) is 10.9. The van der Waals surface area contributed by atoms with Gasteiger partial charge in [0.05, 0.1) is 11.3 Å². The maximum absolute atomic E-state index is 12.5. The Morgan fingerprint density at radius 3 is 2.26 bits per heavy atom. The average molecular weight is 368 g/mol. The van der Waals surface area contributed by atoms with Gasteiger partial charge in [-0.05, 0) is 60.7 Å². The third-order valence-electron chi connectivity index (χ3n) is 5.09. The van der Waals surface area contributed by atoms with E-state index in [0.717, 1.165) is 31.6 Å². The molecule has 1 amide bonds. The second kappa shape index (κ2) is 7.31. The van der Waals surface area contributed by atoms with E-state index in [-0.39, 0.29) is 17.0 Å². The number of amides is 1. The average Bonchev–Trinajstić information content (AvgIpc) is 2.62. The van der Waals surface area contributed by atoms with Crippen molar-refractivity contribution in [2.24, 2.45) is 5.41 Å². The van der Waals surface area contributed by atoms with Crippen LogP contribution in [0.1, 0.15) is 47.4 Å². The number of piperidine rings is 1. The molecule has 2 aromatic carbocycles. The second-order valence-corrected chi connectivity index (χ2v) is 7.69. The van der Waals surface area contributed by atoms with Gasteiger partial charge in [0.1, 0.15) is 5.75 Å². The highest BCUT2D eigenvalue weighted by Crippen LogP contribution is 2.33. The number of carbonyl (C=O) groups excluding carboxylic acids is 1. The van der Waals surface area contributed by atoms with E-state index in [4.69, 9.17) is 0 Å². The summed E-state index contributed by atoms with van der Waals surface area (Å²) in [6.45, 7) is 6.29. The molecule has 0 radical (unpaired) electrons. The van der Waals surface area contributed by atoms with Gasteiger partial charge in [0.25, 0.3) is 5.91 Å². The molecule has 27 heavy (non-hydrogen) atoms. The van der Waals surface area contributed by atoms with Crippen LogP contribution in [0.25, 0.3) is 0 Å². The van der Waals surface area contributed by atoms with Crippen LogP contribution < -0.4 is 10.2 Å². The van der Waals surface area contributed by atoms with Crippen molar-refractivity contribution in [2.45, 2.75) is 26.7 Å². The SMILES string of the molecule is CC1(C)CCN(c2ccc(C(=O)O)c(NC(=O)c3ccc(O)cc3)c2)CC1. The summed E-state index contributed by atoms with van der Waals surface area (Å²) in [6.07, 6.45) is 2.12. The molecular weight excluding hydrogens is 344 g/mol. The molecule has 3 N–H and O–H groups in total. The van der Waals surface area contributed by atoms with Crippen LogP contribution in [0.2, 0.25) is 0 Å². The number of phenolic OH excluding ortho intramolecular Hbond substituents is 1. The first-order valence-electron chi connectivity index (χ1n) is 8.98. The van der Waals surface area contributed by atoms with Crippen LogP contribution in [-0.2, 0) is 0 Å². The number of nitrogens with one attached hydrogen (secondary N) is 1. The molecule has 0 aliphatic carbocycles. The normalized spacial score (nSPS) is 16.0. The Morgan fingerprint density at radius 2 is 1.67 bits per heavy atom. The Balaban J connectivity index is 1.85. The number of anilines is 2. The number of phenols is 1. The van der Waals surface area contributed by atoms with Crippen LogP contribution in [0.15, 0.2) is 42.5 Å². The van der Waals surface area contributed by atoms with E-state index in [0.29, 0.717) is 11.0 Å². The molecule has 6 heteroatoms. The minimum absolute atomic E-state index is 0.0446. The van der Waals surface area contributed by atoms with Crippen LogP contribution >= 0.6 is 0 Å². The van der Waals surface area contributed by atoms with Crippen molar-refractivity contribution in [1.29, 1.82) is 0 Å². The third kappa shape index (κ3) is 4.39. The maximum Gasteiger partial charge on any atom is 0.337 e. The van der Waals surface area contributed by atoms with E-state index in [1.165, 1.54) is 30.3 Å². The van der Waals surface area contributed by atoms with Crippen LogP contribution in [-0.4, -0.2) is 35.2 Å². The second-order valence-electron chi connectivity index (χ2n) is 7.69. The van der Waals surface area contributed by atoms with Crippen LogP contribution in [0.3, 0.4) is 0 Å². The zero-order chi connectivity index (χ0) is 19.6. The molecule has 142 valence electrons. The van der Waals surface area contributed by atoms with Crippen LogP contribution in [0.4, 0.5) is 11.4 Å². The molecule has 3 rings (SSSR count). The quantitative estimate of drug-likeness (QED) is 0.760. The van der Waals surface area contributed by atoms with Crippen molar-refractivity contribution in [3.05, 3.63) is 53.6 Å². The molecule has 1 aliphatic rings. The van der Waals surface area contributed by atoms with Crippen molar-refractivity contribution >= 4 is 23.3 Å². The molecule has 1 aliphatic heterocycles. The standard InChI is InChI=1S/C21H24N2O4/c1-21(2)9-11-23(12-10-21)15-5-8-17(20(26)27)18(13-15)22-19(25)14-3-6-16(24)7-4-14/h3-8,13,24H,9-12H2,1-2H3,(H,22,25)(H,26,27). The van der Waals surface area contributed by atoms with E-state index in [1.54, 1.807) is 12.1 Å². The Kier molecular flexibility index (Phi) is 5.08. The monoisotopic (exact) mass is 368 g/mol. The molecule has 0 spiro atoms. The number of carbonyl (C=O) groups is 2. The van der Waals surface area contributed by atoms with Gasteiger partial charge in [0.2, 0.25) is 0 Å². The van der Waals surface area contributed by atoms with Crippen LogP contribution in [0, 0.1) is 5.41 Å². The lowest BCUT2D eigenvalue weighted by Gasteiger charge is -2.38. The Bertz CT molecular complexity index is 849. The highest BCUT2D eigenvalue weighted by Gasteiger charge is 2.26. The van der Waals surface area contributed by atoms with E-state index < -0.39 is 11.9 Å². The minimum Gasteiger partial charge on any atom is -0.508 e. The van der Waals surface area contributed by atoms with Gasteiger partial charge in [-0.25, -0.2) is 4.79 Å². The van der Waals surface area contributed by atoms with Crippen molar-refractivity contribution in [1.82, 2.24) is 0 Å². The number of carboxylic acids is 1. The zero-order valence-corrected chi connectivity index (χ0v) is 15.5. The van der Waals surface area contributed by atoms with Crippen molar-refractivity contribution in [2.75, 3.05) is 23.3 Å². The van der Waals surface area contributed by atoms with Gasteiger partial charge < -0.3 is 20.4 Å². The summed E-state index contributed by atoms with van der Waals surface area (Å²) < 4.78 is 0. The highest BCUT2D eigenvalue weighted by molar-refractivity contribution is 6.08. The van der Waals surface area contributed by atoms with Gasteiger partial charge in [0.15, 0.2) is 0 Å². The van der Waals surface area contributed by atoms with Gasteiger partial charge in [-0.15, -0.1) is 0 Å². The van der Waals surface area contributed by atoms with E-state index >= 15 is 0 Å². The molecule has 2 aromatic rings. The van der Waals surface area contributed by atoms with Gasteiger partial charge in [-0.3, -0.25) is 4.79 Å². The Hall–Kier alpha value is -3.02. The van der Waals surface area contributed by atoms with Crippen molar-refractivity contribution in [3.63, 3.8) is 0 Å². The first-order chi connectivity index (χ1) is 12.7. The van der Waals surface area contributed by atoms with Gasteiger partial charge >= 0.3 is 5.97 Å². The molecular formula is C21H24N2O4. The summed E-state index contributed by atoms with van der Waals surface area (Å²) in [5.41, 5.74) is 1.87. The summed E-state index contributed by atoms with van der Waals surface area (Å²) in [5.74, 6) is -1.45. The lowest BCUT2D eigenvalue weighted by Crippen LogP contribution is -2.37. The lowest BCUT2D eigenvalue weighted by atomic mass is 9.82. The topological polar surface area (TPSA) is 89.9 Å². The number of rotatable bonds is 4. The van der Waals surface area contributed by atoms with Gasteiger partial charge in [0, 0.05) is 24.3 Å². The summed E-state index contributed by atoms with van der Waals surface area (Å²) >= 11 is 0. The number of hydrogen-bond donors (Lipinski definition) is 3. The molecule has 1 heterocycles. The van der Waals surface area contributed by atoms with Gasteiger partial charge in [-0.2, -0.15) is 0 Å². The molecule has 0 atom stereocenters. The molecule has 0 bridgehead atoms.